The lowest BCUT2D eigenvalue weighted by atomic mass is 10.1. The standard InChI is InChI=1S/C30H21BrF3N3O5/c1-15-19(31)14-37(17-6-4-16(32)5-7-17)30(39)26(15)29(38)36-20-8-9-23(28(34)27(20)33)42-22-10-11-35-21-13-25(41-3)24(40-2)12-18(21)22/h4-14H,1-3H3,(H,36,38). The van der Waals surface area contributed by atoms with Gasteiger partial charge in [-0.05, 0) is 76.9 Å². The molecule has 214 valence electrons. The molecule has 0 saturated carbocycles. The number of hydrogen-bond acceptors (Lipinski definition) is 6. The molecule has 0 unspecified atom stereocenters. The van der Waals surface area contributed by atoms with Crippen LogP contribution in [0.2, 0.25) is 0 Å². The minimum absolute atomic E-state index is 0.169. The van der Waals surface area contributed by atoms with Gasteiger partial charge in [0.05, 0.1) is 25.4 Å². The molecule has 2 heterocycles. The molecule has 5 aromatic rings. The maximum atomic E-state index is 15.2. The van der Waals surface area contributed by atoms with Crippen molar-refractivity contribution in [1.29, 1.82) is 0 Å². The number of nitrogens with one attached hydrogen (secondary N) is 1. The Bertz CT molecular complexity index is 1910. The summed E-state index contributed by atoms with van der Waals surface area (Å²) in [6, 6.07) is 12.0. The third kappa shape index (κ3) is 5.28. The highest BCUT2D eigenvalue weighted by Gasteiger charge is 2.23. The van der Waals surface area contributed by atoms with E-state index in [-0.39, 0.29) is 16.9 Å². The summed E-state index contributed by atoms with van der Waals surface area (Å²) in [5.74, 6) is -3.71. The third-order valence-corrected chi connectivity index (χ3v) is 7.26. The molecule has 3 aromatic carbocycles. The number of nitrogens with zero attached hydrogens (tertiary/aromatic N) is 2. The minimum Gasteiger partial charge on any atom is -0.493 e. The molecular weight excluding hydrogens is 619 g/mol. The van der Waals surface area contributed by atoms with Crippen LogP contribution in [-0.2, 0) is 0 Å². The summed E-state index contributed by atoms with van der Waals surface area (Å²) in [7, 11) is 2.93. The van der Waals surface area contributed by atoms with Crippen molar-refractivity contribution in [2.24, 2.45) is 0 Å². The number of hydrogen-bond donors (Lipinski definition) is 1. The first kappa shape index (κ1) is 28.7. The van der Waals surface area contributed by atoms with Crippen molar-refractivity contribution in [3.05, 3.63) is 110 Å². The number of halogens is 4. The number of benzene rings is 3. The van der Waals surface area contributed by atoms with Gasteiger partial charge in [0.25, 0.3) is 11.5 Å². The third-order valence-electron chi connectivity index (χ3n) is 6.46. The quantitative estimate of drug-likeness (QED) is 0.208. The largest absolute Gasteiger partial charge is 0.493 e. The van der Waals surface area contributed by atoms with E-state index < -0.39 is 40.4 Å². The zero-order valence-electron chi connectivity index (χ0n) is 22.3. The van der Waals surface area contributed by atoms with Crippen molar-refractivity contribution in [3.8, 4) is 28.7 Å². The van der Waals surface area contributed by atoms with Crippen LogP contribution < -0.4 is 25.1 Å². The lowest BCUT2D eigenvalue weighted by molar-refractivity contribution is 0.102. The van der Waals surface area contributed by atoms with Gasteiger partial charge in [-0.25, -0.2) is 8.78 Å². The van der Waals surface area contributed by atoms with Crippen molar-refractivity contribution < 1.29 is 32.2 Å². The van der Waals surface area contributed by atoms with E-state index in [0.717, 1.165) is 16.7 Å². The molecule has 0 atom stereocenters. The summed E-state index contributed by atoms with van der Waals surface area (Å²) >= 11 is 3.31. The summed E-state index contributed by atoms with van der Waals surface area (Å²) in [6.45, 7) is 1.52. The number of fused-ring (bicyclic) bond motifs is 1. The van der Waals surface area contributed by atoms with Crippen molar-refractivity contribution in [3.63, 3.8) is 0 Å². The molecule has 0 aliphatic heterocycles. The van der Waals surface area contributed by atoms with Crippen molar-refractivity contribution >= 4 is 38.4 Å². The van der Waals surface area contributed by atoms with E-state index in [4.69, 9.17) is 14.2 Å². The molecular formula is C30H21BrF3N3O5. The zero-order valence-corrected chi connectivity index (χ0v) is 23.9. The molecule has 8 nitrogen and oxygen atoms in total. The minimum atomic E-state index is -1.40. The van der Waals surface area contributed by atoms with Gasteiger partial charge in [0, 0.05) is 34.0 Å². The van der Waals surface area contributed by atoms with E-state index in [2.05, 4.69) is 26.2 Å². The maximum absolute atomic E-state index is 15.2. The van der Waals surface area contributed by atoms with Crippen LogP contribution in [0.4, 0.5) is 18.9 Å². The number of amides is 1. The first-order valence-corrected chi connectivity index (χ1v) is 13.1. The van der Waals surface area contributed by atoms with Gasteiger partial charge >= 0.3 is 0 Å². The molecule has 0 aliphatic carbocycles. The van der Waals surface area contributed by atoms with E-state index in [9.17, 15) is 14.0 Å². The fraction of sp³-hybridized carbons (Fsp3) is 0.100. The number of carbonyl (C=O) groups excluding carboxylic acids is 1. The molecule has 42 heavy (non-hydrogen) atoms. The van der Waals surface area contributed by atoms with E-state index in [1.54, 1.807) is 12.1 Å². The van der Waals surface area contributed by atoms with Crippen LogP contribution in [0.1, 0.15) is 15.9 Å². The topological polar surface area (TPSA) is 91.7 Å². The second-order valence-corrected chi connectivity index (χ2v) is 9.81. The number of anilines is 1. The van der Waals surface area contributed by atoms with Crippen LogP contribution in [-0.4, -0.2) is 29.7 Å². The van der Waals surface area contributed by atoms with E-state index >= 15 is 8.78 Å². The molecule has 2 aromatic heterocycles. The normalized spacial score (nSPS) is 10.9. The molecule has 0 radical (unpaired) electrons. The van der Waals surface area contributed by atoms with Gasteiger partial charge in [-0.3, -0.25) is 19.1 Å². The Morgan fingerprint density at radius 2 is 1.60 bits per heavy atom. The molecule has 1 N–H and O–H groups in total. The summed E-state index contributed by atoms with van der Waals surface area (Å²) in [5, 5.41) is 2.72. The Morgan fingerprint density at radius 1 is 0.905 bits per heavy atom. The van der Waals surface area contributed by atoms with Crippen molar-refractivity contribution in [2.45, 2.75) is 6.92 Å². The Labute approximate surface area is 245 Å². The monoisotopic (exact) mass is 639 g/mol. The fourth-order valence-corrected chi connectivity index (χ4v) is 4.68. The molecule has 5 rings (SSSR count). The zero-order chi connectivity index (χ0) is 30.1. The summed E-state index contributed by atoms with van der Waals surface area (Å²) in [5.41, 5.74) is -0.532. The van der Waals surface area contributed by atoms with Crippen LogP contribution >= 0.6 is 15.9 Å². The van der Waals surface area contributed by atoms with Crippen LogP contribution in [0, 0.1) is 24.4 Å². The average Bonchev–Trinajstić information content (AvgIpc) is 2.98. The van der Waals surface area contributed by atoms with Crippen LogP contribution in [0.25, 0.3) is 16.6 Å². The Hall–Kier alpha value is -4.84. The second kappa shape index (κ2) is 11.6. The van der Waals surface area contributed by atoms with Gasteiger partial charge in [-0.15, -0.1) is 0 Å². The SMILES string of the molecule is COc1cc2nccc(Oc3ccc(NC(=O)c4c(C)c(Br)cn(-c5ccc(F)cc5)c4=O)c(F)c3F)c2cc1OC. The maximum Gasteiger partial charge on any atom is 0.268 e. The van der Waals surface area contributed by atoms with Crippen LogP contribution in [0.3, 0.4) is 0 Å². The predicted octanol–water partition coefficient (Wildman–Crippen LogP) is 6.94. The highest BCUT2D eigenvalue weighted by atomic mass is 79.9. The van der Waals surface area contributed by atoms with Crippen molar-refractivity contribution in [1.82, 2.24) is 9.55 Å². The molecule has 0 bridgehead atoms. The highest BCUT2D eigenvalue weighted by molar-refractivity contribution is 9.10. The molecule has 0 fully saturated rings. The van der Waals surface area contributed by atoms with E-state index in [1.807, 2.05) is 0 Å². The molecule has 1 amide bonds. The van der Waals surface area contributed by atoms with Crippen LogP contribution in [0.15, 0.2) is 76.3 Å². The first-order valence-electron chi connectivity index (χ1n) is 12.3. The molecule has 0 saturated heterocycles. The van der Waals surface area contributed by atoms with Gasteiger partial charge in [0.2, 0.25) is 5.82 Å². The number of ether oxygens (including phenoxy) is 3. The van der Waals surface area contributed by atoms with Crippen molar-refractivity contribution in [2.75, 3.05) is 19.5 Å². The lowest BCUT2D eigenvalue weighted by Crippen LogP contribution is -2.30. The highest BCUT2D eigenvalue weighted by Crippen LogP contribution is 2.38. The predicted molar refractivity (Wildman–Crippen MR) is 154 cm³/mol. The van der Waals surface area contributed by atoms with Gasteiger partial charge in [-0.1, -0.05) is 0 Å². The Kier molecular flexibility index (Phi) is 7.90. The first-order chi connectivity index (χ1) is 20.1. The van der Waals surface area contributed by atoms with Gasteiger partial charge in [-0.2, -0.15) is 4.39 Å². The molecule has 0 spiro atoms. The Morgan fingerprint density at radius 3 is 2.29 bits per heavy atom. The van der Waals surface area contributed by atoms with Gasteiger partial charge < -0.3 is 19.5 Å². The van der Waals surface area contributed by atoms with Gasteiger partial charge in [0.1, 0.15) is 17.1 Å². The number of carbonyl (C=O) groups is 1. The number of rotatable bonds is 7. The summed E-state index contributed by atoms with van der Waals surface area (Å²) in [6.07, 6.45) is 2.87. The smallest absolute Gasteiger partial charge is 0.268 e. The Balaban J connectivity index is 1.46. The fourth-order valence-electron chi connectivity index (χ4n) is 4.28. The van der Waals surface area contributed by atoms with Crippen LogP contribution in [0.5, 0.6) is 23.0 Å². The summed E-state index contributed by atoms with van der Waals surface area (Å²) in [4.78, 5) is 30.7. The molecule has 12 heteroatoms. The average molecular weight is 640 g/mol. The summed E-state index contributed by atoms with van der Waals surface area (Å²) < 4.78 is 61.6. The number of pyridine rings is 2. The second-order valence-electron chi connectivity index (χ2n) is 8.96. The lowest BCUT2D eigenvalue weighted by Gasteiger charge is -2.15. The number of aromatic nitrogens is 2. The van der Waals surface area contributed by atoms with E-state index in [0.29, 0.717) is 32.6 Å². The van der Waals surface area contributed by atoms with Gasteiger partial charge in [0.15, 0.2) is 23.1 Å². The molecule has 0 aliphatic rings. The number of methoxy groups -OCH3 is 2. The van der Waals surface area contributed by atoms with E-state index in [1.165, 1.54) is 63.9 Å².